The molecule has 0 fully saturated rings. The largest absolute Gasteiger partial charge is 0.468 e. The van der Waals surface area contributed by atoms with Gasteiger partial charge >= 0.3 is 5.97 Å². The highest BCUT2D eigenvalue weighted by Gasteiger charge is 2.19. The summed E-state index contributed by atoms with van der Waals surface area (Å²) in [6.45, 7) is 3.82. The summed E-state index contributed by atoms with van der Waals surface area (Å²) in [6, 6.07) is 5.72. The smallest absolute Gasteiger partial charge is 0.325 e. The van der Waals surface area contributed by atoms with Crippen LogP contribution in [0.2, 0.25) is 0 Å². The molecule has 130 valence electrons. The van der Waals surface area contributed by atoms with E-state index in [1.165, 1.54) is 7.11 Å². The number of methoxy groups -OCH3 is 1. The first-order chi connectivity index (χ1) is 12.0. The molecule has 3 aromatic rings. The van der Waals surface area contributed by atoms with Crippen LogP contribution in [-0.4, -0.2) is 40.3 Å². The average Bonchev–Trinajstić information content (AvgIpc) is 3.27. The molecule has 3 aromatic heterocycles. The van der Waals surface area contributed by atoms with Gasteiger partial charge in [-0.05, 0) is 31.4 Å². The quantitative estimate of drug-likeness (QED) is 0.709. The van der Waals surface area contributed by atoms with Gasteiger partial charge < -0.3 is 10.1 Å². The van der Waals surface area contributed by atoms with Crippen LogP contribution in [0.3, 0.4) is 0 Å². The number of ether oxygens (including phenoxy) is 1. The number of hydrogen-bond acceptors (Lipinski definition) is 6. The second kappa shape index (κ2) is 7.02. The Labute approximate surface area is 148 Å². The van der Waals surface area contributed by atoms with Gasteiger partial charge in [-0.2, -0.15) is 5.10 Å². The minimum atomic E-state index is -0.505. The number of carbonyl (C=O) groups is 2. The van der Waals surface area contributed by atoms with Gasteiger partial charge in [-0.15, -0.1) is 11.3 Å². The molecule has 3 rings (SSSR count). The lowest BCUT2D eigenvalue weighted by Crippen LogP contribution is -2.30. The molecule has 1 amide bonds. The number of esters is 1. The summed E-state index contributed by atoms with van der Waals surface area (Å²) in [5.74, 6) is -0.867. The molecule has 0 aromatic carbocycles. The predicted molar refractivity (Wildman–Crippen MR) is 95.6 cm³/mol. The van der Waals surface area contributed by atoms with Crippen LogP contribution >= 0.6 is 11.3 Å². The van der Waals surface area contributed by atoms with Gasteiger partial charge in [0.25, 0.3) is 5.91 Å². The normalized spacial score (nSPS) is 11.0. The summed E-state index contributed by atoms with van der Waals surface area (Å²) in [6.07, 6.45) is 1.63. The van der Waals surface area contributed by atoms with Crippen molar-refractivity contribution in [1.29, 1.82) is 0 Å². The molecule has 1 N–H and O–H groups in total. The minimum absolute atomic E-state index is 0.106. The Bertz CT molecular complexity index is 916. The fraction of sp³-hybridized carbons (Fsp3) is 0.294. The molecule has 0 bridgehead atoms. The lowest BCUT2D eigenvalue weighted by Gasteiger charge is -2.10. The van der Waals surface area contributed by atoms with Gasteiger partial charge in [-0.3, -0.25) is 9.59 Å². The topological polar surface area (TPSA) is 86.1 Å². The van der Waals surface area contributed by atoms with Gasteiger partial charge in [0.15, 0.2) is 5.65 Å². The van der Waals surface area contributed by atoms with E-state index in [0.717, 1.165) is 4.88 Å². The van der Waals surface area contributed by atoms with Crippen LogP contribution in [0.25, 0.3) is 21.6 Å². The third-order valence-corrected chi connectivity index (χ3v) is 4.59. The van der Waals surface area contributed by atoms with Gasteiger partial charge in [0.05, 0.1) is 34.8 Å². The Hall–Kier alpha value is -2.74. The molecule has 0 spiro atoms. The first kappa shape index (κ1) is 17.1. The SMILES string of the molecule is COC(=O)CNC(=O)c1cc(-c2cccs2)nc2c1cnn2C(C)C. The Morgan fingerprint density at radius 2 is 2.20 bits per heavy atom. The Balaban J connectivity index is 2.09. The summed E-state index contributed by atoms with van der Waals surface area (Å²) >= 11 is 1.55. The molecule has 0 radical (unpaired) electrons. The fourth-order valence-corrected chi connectivity index (χ4v) is 3.14. The Morgan fingerprint density at radius 1 is 1.40 bits per heavy atom. The zero-order valence-electron chi connectivity index (χ0n) is 14.1. The van der Waals surface area contributed by atoms with Crippen molar-refractivity contribution in [2.24, 2.45) is 0 Å². The highest BCUT2D eigenvalue weighted by atomic mass is 32.1. The third kappa shape index (κ3) is 3.39. The molecule has 3 heterocycles. The summed E-state index contributed by atoms with van der Waals surface area (Å²) < 4.78 is 6.34. The molecular weight excluding hydrogens is 340 g/mol. The van der Waals surface area contributed by atoms with E-state index in [0.29, 0.717) is 22.3 Å². The average molecular weight is 358 g/mol. The maximum absolute atomic E-state index is 12.6. The summed E-state index contributed by atoms with van der Waals surface area (Å²) in [4.78, 5) is 29.5. The highest BCUT2D eigenvalue weighted by Crippen LogP contribution is 2.28. The number of nitrogens with zero attached hydrogens (tertiary/aromatic N) is 3. The Morgan fingerprint density at radius 3 is 2.84 bits per heavy atom. The number of fused-ring (bicyclic) bond motifs is 1. The van der Waals surface area contributed by atoms with Crippen LogP contribution < -0.4 is 5.32 Å². The van der Waals surface area contributed by atoms with Gasteiger partial charge in [-0.25, -0.2) is 9.67 Å². The van der Waals surface area contributed by atoms with Crippen LogP contribution in [0.4, 0.5) is 0 Å². The van der Waals surface area contributed by atoms with Gasteiger partial charge in [-0.1, -0.05) is 6.07 Å². The number of amides is 1. The number of hydrogen-bond donors (Lipinski definition) is 1. The monoisotopic (exact) mass is 358 g/mol. The third-order valence-electron chi connectivity index (χ3n) is 3.70. The number of carbonyl (C=O) groups excluding carboxylic acids is 2. The maximum Gasteiger partial charge on any atom is 0.325 e. The van der Waals surface area contributed by atoms with Crippen LogP contribution in [0, 0.1) is 0 Å². The lowest BCUT2D eigenvalue weighted by molar-refractivity contribution is -0.139. The number of nitrogens with one attached hydrogen (secondary N) is 1. The first-order valence-electron chi connectivity index (χ1n) is 7.78. The second-order valence-electron chi connectivity index (χ2n) is 5.71. The van der Waals surface area contributed by atoms with Crippen molar-refractivity contribution in [1.82, 2.24) is 20.1 Å². The summed E-state index contributed by atoms with van der Waals surface area (Å²) in [5, 5.41) is 9.54. The van der Waals surface area contributed by atoms with Crippen molar-refractivity contribution in [3.05, 3.63) is 35.3 Å². The van der Waals surface area contributed by atoms with E-state index in [1.54, 1.807) is 28.3 Å². The van der Waals surface area contributed by atoms with Gasteiger partial charge in [0.2, 0.25) is 0 Å². The molecule has 0 saturated carbocycles. The molecule has 0 saturated heterocycles. The minimum Gasteiger partial charge on any atom is -0.468 e. The molecule has 0 aliphatic carbocycles. The van der Waals surface area contributed by atoms with E-state index in [9.17, 15) is 9.59 Å². The zero-order chi connectivity index (χ0) is 18.0. The van der Waals surface area contributed by atoms with Crippen molar-refractivity contribution >= 4 is 34.2 Å². The maximum atomic E-state index is 12.6. The first-order valence-corrected chi connectivity index (χ1v) is 8.66. The van der Waals surface area contributed by atoms with Crippen molar-refractivity contribution in [3.8, 4) is 10.6 Å². The fourth-order valence-electron chi connectivity index (χ4n) is 2.45. The zero-order valence-corrected chi connectivity index (χ0v) is 15.0. The van der Waals surface area contributed by atoms with E-state index >= 15 is 0 Å². The van der Waals surface area contributed by atoms with Crippen molar-refractivity contribution in [3.63, 3.8) is 0 Å². The molecule has 0 aliphatic rings. The lowest BCUT2D eigenvalue weighted by atomic mass is 10.1. The number of rotatable bonds is 5. The molecule has 0 atom stereocenters. The van der Waals surface area contributed by atoms with E-state index in [-0.39, 0.29) is 18.5 Å². The summed E-state index contributed by atoms with van der Waals surface area (Å²) in [7, 11) is 1.28. The van der Waals surface area contributed by atoms with Crippen LogP contribution in [0.15, 0.2) is 29.8 Å². The van der Waals surface area contributed by atoms with Crippen LogP contribution in [-0.2, 0) is 9.53 Å². The molecular formula is C17H18N4O3S. The van der Waals surface area contributed by atoms with Gasteiger partial charge in [0, 0.05) is 6.04 Å². The number of aromatic nitrogens is 3. The van der Waals surface area contributed by atoms with E-state index < -0.39 is 5.97 Å². The van der Waals surface area contributed by atoms with E-state index in [2.05, 4.69) is 15.2 Å². The van der Waals surface area contributed by atoms with Crippen LogP contribution in [0.5, 0.6) is 0 Å². The van der Waals surface area contributed by atoms with Crippen molar-refractivity contribution in [2.45, 2.75) is 19.9 Å². The number of pyridine rings is 1. The van der Waals surface area contributed by atoms with Crippen LogP contribution in [0.1, 0.15) is 30.2 Å². The summed E-state index contributed by atoms with van der Waals surface area (Å²) in [5.41, 5.74) is 1.78. The van der Waals surface area contributed by atoms with E-state index in [4.69, 9.17) is 4.98 Å². The molecule has 7 nitrogen and oxygen atoms in total. The standard InChI is InChI=1S/C17H18N4O3S/c1-10(2)21-16-12(8-19-21)11(17(23)18-9-15(22)24-3)7-13(20-16)14-5-4-6-25-14/h4-8,10H,9H2,1-3H3,(H,18,23). The van der Waals surface area contributed by atoms with E-state index in [1.807, 2.05) is 31.4 Å². The van der Waals surface area contributed by atoms with Crippen molar-refractivity contribution in [2.75, 3.05) is 13.7 Å². The van der Waals surface area contributed by atoms with Gasteiger partial charge in [0.1, 0.15) is 6.54 Å². The molecule has 8 heteroatoms. The molecule has 0 aliphatic heterocycles. The number of thiophene rings is 1. The Kier molecular flexibility index (Phi) is 4.80. The second-order valence-corrected chi connectivity index (χ2v) is 6.66. The highest BCUT2D eigenvalue weighted by molar-refractivity contribution is 7.13. The predicted octanol–water partition coefficient (Wildman–Crippen LogP) is 2.64. The molecule has 0 unspecified atom stereocenters. The molecule has 25 heavy (non-hydrogen) atoms. The van der Waals surface area contributed by atoms with Crippen molar-refractivity contribution < 1.29 is 14.3 Å².